The Morgan fingerprint density at radius 1 is 0.429 bits per heavy atom. The van der Waals surface area contributed by atoms with E-state index in [-0.39, 0.29) is 0 Å². The van der Waals surface area contributed by atoms with Crippen molar-refractivity contribution >= 4 is 102 Å². The molecule has 0 saturated carbocycles. The van der Waals surface area contributed by atoms with Crippen LogP contribution in [0.1, 0.15) is 22.3 Å². The van der Waals surface area contributed by atoms with Crippen LogP contribution in [0.25, 0.3) is 32.3 Å². The third-order valence-corrected chi connectivity index (χ3v) is 19.9. The molecule has 274 valence electrons. The summed E-state index contributed by atoms with van der Waals surface area (Å²) in [6.45, 7) is 3.99. The van der Waals surface area contributed by atoms with Gasteiger partial charge in [0.15, 0.2) is 0 Å². The van der Waals surface area contributed by atoms with Crippen molar-refractivity contribution in [2.24, 2.45) is 0 Å². The molecule has 0 bridgehead atoms. The fraction of sp³-hybridized carbons (Fsp3) is 0.160. The summed E-state index contributed by atoms with van der Waals surface area (Å²) < 4.78 is 2.88. The second-order valence-electron chi connectivity index (χ2n) is 17.1. The SMILES string of the molecule is Cc1ccc(N(c2cc[c]([Ge]([CH3])([CH3])[CH3])cc2)c2ccc3ccc4c(N(c5ccc[c]([Ge]([CH3])([CH3])[CH3])c5)c5ccc(C)c(C#N)c5)ccc5ccc2c3c54)cc1C#N. The molecular weight excluding hydrogens is 802 g/mol. The minimum atomic E-state index is -2.20. The van der Waals surface area contributed by atoms with Gasteiger partial charge in [-0.05, 0) is 0 Å². The van der Waals surface area contributed by atoms with Crippen molar-refractivity contribution in [1.82, 2.24) is 0 Å². The fourth-order valence-corrected chi connectivity index (χ4v) is 12.9. The van der Waals surface area contributed by atoms with Crippen LogP contribution >= 0.6 is 0 Å². The van der Waals surface area contributed by atoms with E-state index in [4.69, 9.17) is 0 Å². The van der Waals surface area contributed by atoms with E-state index in [0.29, 0.717) is 11.1 Å². The van der Waals surface area contributed by atoms with Gasteiger partial charge in [-0.2, -0.15) is 0 Å². The molecule has 4 nitrogen and oxygen atoms in total. The summed E-state index contributed by atoms with van der Waals surface area (Å²) in [6.07, 6.45) is 0. The molecule has 0 aliphatic carbocycles. The molecule has 0 heterocycles. The zero-order valence-corrected chi connectivity index (χ0v) is 37.7. The molecule has 0 amide bonds. The van der Waals surface area contributed by atoms with Gasteiger partial charge in [0.05, 0.1) is 0 Å². The Hall–Kier alpha value is -5.53. The summed E-state index contributed by atoms with van der Waals surface area (Å²) in [7, 11) is 0. The van der Waals surface area contributed by atoms with Crippen LogP contribution in [0.4, 0.5) is 34.1 Å². The van der Waals surface area contributed by atoms with Gasteiger partial charge < -0.3 is 0 Å². The first-order valence-corrected chi connectivity index (χ1v) is 34.0. The molecule has 0 fully saturated rings. The van der Waals surface area contributed by atoms with E-state index in [1.807, 2.05) is 26.0 Å². The van der Waals surface area contributed by atoms with Gasteiger partial charge in [-0.15, -0.1) is 0 Å². The maximum absolute atomic E-state index is 10.1. The first kappa shape index (κ1) is 37.4. The van der Waals surface area contributed by atoms with Crippen molar-refractivity contribution < 1.29 is 0 Å². The molecular formula is C50H46Ge2N4. The number of benzene rings is 8. The van der Waals surface area contributed by atoms with Crippen molar-refractivity contribution in [3.05, 3.63) is 156 Å². The van der Waals surface area contributed by atoms with E-state index >= 15 is 0 Å². The predicted octanol–water partition coefficient (Wildman–Crippen LogP) is 13.0. The Labute approximate surface area is 336 Å². The Kier molecular flexibility index (Phi) is 9.48. The number of hydrogen-bond acceptors (Lipinski definition) is 4. The van der Waals surface area contributed by atoms with Crippen molar-refractivity contribution in [1.29, 1.82) is 10.5 Å². The average molecular weight is 848 g/mol. The van der Waals surface area contributed by atoms with Crippen LogP contribution in [0.5, 0.6) is 0 Å². The first-order valence-electron chi connectivity index (χ1n) is 19.3. The average Bonchev–Trinajstić information content (AvgIpc) is 3.19. The molecule has 0 saturated heterocycles. The van der Waals surface area contributed by atoms with Crippen LogP contribution in [-0.4, -0.2) is 26.5 Å². The zero-order chi connectivity index (χ0) is 39.5. The Morgan fingerprint density at radius 2 is 0.857 bits per heavy atom. The molecule has 6 heteroatoms. The third-order valence-electron chi connectivity index (χ3n) is 11.3. The van der Waals surface area contributed by atoms with Gasteiger partial charge in [0.1, 0.15) is 0 Å². The molecule has 8 aromatic rings. The summed E-state index contributed by atoms with van der Waals surface area (Å²) in [5, 5.41) is 27.3. The summed E-state index contributed by atoms with van der Waals surface area (Å²) >= 11 is -4.26. The van der Waals surface area contributed by atoms with E-state index < -0.39 is 26.5 Å². The second-order valence-corrected chi connectivity index (χ2v) is 38.4. The number of aryl methyl sites for hydroxylation is 2. The Morgan fingerprint density at radius 3 is 1.32 bits per heavy atom. The summed E-state index contributed by atoms with van der Waals surface area (Å²) in [5.41, 5.74) is 9.48. The first-order chi connectivity index (χ1) is 26.8. The minimum absolute atomic E-state index is 0.672. The van der Waals surface area contributed by atoms with Crippen LogP contribution in [-0.2, 0) is 0 Å². The number of anilines is 6. The summed E-state index contributed by atoms with van der Waals surface area (Å²) in [5.74, 6) is 14.6. The monoisotopic (exact) mass is 850 g/mol. The van der Waals surface area contributed by atoms with Gasteiger partial charge in [0.25, 0.3) is 0 Å². The zero-order valence-electron chi connectivity index (χ0n) is 33.5. The number of nitriles is 2. The quantitative estimate of drug-likeness (QED) is 0.113. The van der Waals surface area contributed by atoms with Gasteiger partial charge in [0, 0.05) is 0 Å². The van der Waals surface area contributed by atoms with Crippen LogP contribution < -0.4 is 18.6 Å². The van der Waals surface area contributed by atoms with Crippen LogP contribution in [0.3, 0.4) is 0 Å². The van der Waals surface area contributed by atoms with E-state index in [1.165, 1.54) is 30.3 Å². The summed E-state index contributed by atoms with van der Waals surface area (Å²) in [4.78, 5) is 4.66. The standard InChI is InChI=1S/C50H46Ge2N4/c1-33-12-20-43(28-37(33)31-53)55(41-22-18-39(19-23-41)51(3,4)5)47-26-16-35-15-25-46-48(27-17-36-14-24-45(47)49(35)50(36)46)56(44-21-13-34(2)38(29-44)32-54)42-11-9-10-40(30-42)52(6,7)8/h9-30H,1-8H3. The molecule has 8 rings (SSSR count). The molecule has 0 radical (unpaired) electrons. The normalized spacial score (nSPS) is 11.9. The molecule has 0 N–H and O–H groups in total. The van der Waals surface area contributed by atoms with E-state index in [2.05, 4.69) is 178 Å². The molecule has 0 unspecified atom stereocenters. The molecule has 0 aliphatic heterocycles. The van der Waals surface area contributed by atoms with Crippen LogP contribution in [0.15, 0.2) is 133 Å². The molecule has 8 aromatic carbocycles. The van der Waals surface area contributed by atoms with Gasteiger partial charge in [-0.3, -0.25) is 0 Å². The number of nitrogens with zero attached hydrogens (tertiary/aromatic N) is 4. The van der Waals surface area contributed by atoms with Crippen molar-refractivity contribution in [3.8, 4) is 12.1 Å². The van der Waals surface area contributed by atoms with E-state index in [1.54, 1.807) is 0 Å². The van der Waals surface area contributed by atoms with Crippen molar-refractivity contribution in [2.75, 3.05) is 9.80 Å². The van der Waals surface area contributed by atoms with E-state index in [0.717, 1.165) is 56.0 Å². The van der Waals surface area contributed by atoms with Crippen molar-refractivity contribution in [3.63, 3.8) is 0 Å². The third kappa shape index (κ3) is 6.62. The van der Waals surface area contributed by atoms with Gasteiger partial charge >= 0.3 is 338 Å². The molecule has 0 aliphatic rings. The van der Waals surface area contributed by atoms with Gasteiger partial charge in [-0.1, -0.05) is 0 Å². The second kappa shape index (κ2) is 14.2. The van der Waals surface area contributed by atoms with Gasteiger partial charge in [-0.25, -0.2) is 0 Å². The number of hydrogen-bond donors (Lipinski definition) is 0. The molecule has 0 aromatic heterocycles. The van der Waals surface area contributed by atoms with Gasteiger partial charge in [0.2, 0.25) is 0 Å². The van der Waals surface area contributed by atoms with Crippen LogP contribution in [0, 0.1) is 36.5 Å². The number of rotatable bonds is 8. The maximum atomic E-state index is 10.1. The fourth-order valence-electron chi connectivity index (χ4n) is 7.98. The topological polar surface area (TPSA) is 54.1 Å². The molecule has 0 atom stereocenters. The summed E-state index contributed by atoms with van der Waals surface area (Å²) in [6, 6.07) is 53.4. The Bertz CT molecular complexity index is 2880. The Balaban J connectivity index is 1.40. The van der Waals surface area contributed by atoms with Crippen LogP contribution in [0.2, 0.25) is 34.5 Å². The molecule has 0 spiro atoms. The van der Waals surface area contributed by atoms with E-state index in [9.17, 15) is 10.5 Å². The molecule has 56 heavy (non-hydrogen) atoms. The predicted molar refractivity (Wildman–Crippen MR) is 244 cm³/mol. The van der Waals surface area contributed by atoms with Crippen molar-refractivity contribution in [2.45, 2.75) is 48.4 Å².